The van der Waals surface area contributed by atoms with Gasteiger partial charge in [0.25, 0.3) is 0 Å². The van der Waals surface area contributed by atoms with Gasteiger partial charge in [-0.05, 0) is 25.0 Å². The van der Waals surface area contributed by atoms with Gasteiger partial charge in [0.2, 0.25) is 0 Å². The van der Waals surface area contributed by atoms with Gasteiger partial charge in [-0.3, -0.25) is 4.98 Å². The minimum Gasteiger partial charge on any atom is -0.384 e. The molecular formula is C12H20N2. The minimum absolute atomic E-state index is 1.06. The minimum atomic E-state index is 1.06. The molecule has 0 amide bonds. The third-order valence-electron chi connectivity index (χ3n) is 2.23. The number of hydrogen-bond donors (Lipinski definition) is 1. The summed E-state index contributed by atoms with van der Waals surface area (Å²) in [6.07, 6.45) is 8.97. The summed E-state index contributed by atoms with van der Waals surface area (Å²) in [5, 5.41) is 3.38. The van der Waals surface area contributed by atoms with Crippen LogP contribution in [0, 0.1) is 6.92 Å². The van der Waals surface area contributed by atoms with Gasteiger partial charge >= 0.3 is 0 Å². The van der Waals surface area contributed by atoms with Gasteiger partial charge < -0.3 is 5.32 Å². The van der Waals surface area contributed by atoms with Gasteiger partial charge in [0.1, 0.15) is 0 Å². The molecule has 0 aliphatic carbocycles. The normalized spacial score (nSPS) is 10.1. The number of nitrogens with zero attached hydrogens (tertiary/aromatic N) is 1. The summed E-state index contributed by atoms with van der Waals surface area (Å²) >= 11 is 0. The molecule has 1 aromatic heterocycles. The van der Waals surface area contributed by atoms with E-state index in [2.05, 4.69) is 30.2 Å². The second kappa shape index (κ2) is 6.41. The van der Waals surface area contributed by atoms with Crippen molar-refractivity contribution in [2.24, 2.45) is 0 Å². The summed E-state index contributed by atoms with van der Waals surface area (Å²) in [5.74, 6) is 0. The number of aromatic nitrogens is 1. The molecule has 0 saturated heterocycles. The van der Waals surface area contributed by atoms with Crippen LogP contribution in [0.5, 0.6) is 0 Å². The van der Waals surface area contributed by atoms with Gasteiger partial charge in [-0.2, -0.15) is 0 Å². The Morgan fingerprint density at radius 3 is 2.79 bits per heavy atom. The molecule has 0 saturated carbocycles. The lowest BCUT2D eigenvalue weighted by molar-refractivity contribution is 0.685. The molecule has 1 heterocycles. The average molecular weight is 192 g/mol. The summed E-state index contributed by atoms with van der Waals surface area (Å²) in [7, 11) is 0. The lowest BCUT2D eigenvalue weighted by atomic mass is 10.2. The second-order valence-electron chi connectivity index (χ2n) is 3.74. The van der Waals surface area contributed by atoms with Crippen molar-refractivity contribution in [2.75, 3.05) is 11.9 Å². The summed E-state index contributed by atoms with van der Waals surface area (Å²) in [6, 6.07) is 2.13. The van der Waals surface area contributed by atoms with Gasteiger partial charge in [0.05, 0.1) is 5.69 Å². The molecule has 0 aliphatic heterocycles. The Bertz CT molecular complexity index is 258. The first-order valence-corrected chi connectivity index (χ1v) is 5.48. The smallest absolute Gasteiger partial charge is 0.0529 e. The zero-order valence-electron chi connectivity index (χ0n) is 9.21. The first-order chi connectivity index (χ1) is 6.83. The molecule has 0 bridgehead atoms. The van der Waals surface area contributed by atoms with E-state index in [1.807, 2.05) is 12.4 Å². The Morgan fingerprint density at radius 2 is 2.07 bits per heavy atom. The van der Waals surface area contributed by atoms with E-state index in [1.165, 1.54) is 31.2 Å². The molecule has 0 aromatic carbocycles. The Hall–Kier alpha value is -1.05. The van der Waals surface area contributed by atoms with Crippen LogP contribution >= 0.6 is 0 Å². The largest absolute Gasteiger partial charge is 0.384 e. The van der Waals surface area contributed by atoms with Crippen molar-refractivity contribution in [3.05, 3.63) is 24.0 Å². The highest BCUT2D eigenvalue weighted by atomic mass is 14.9. The van der Waals surface area contributed by atoms with Crippen molar-refractivity contribution in [3.63, 3.8) is 0 Å². The first-order valence-electron chi connectivity index (χ1n) is 5.48. The van der Waals surface area contributed by atoms with Gasteiger partial charge in [0.15, 0.2) is 0 Å². The summed E-state index contributed by atoms with van der Waals surface area (Å²) in [5.41, 5.74) is 2.35. The highest BCUT2D eigenvalue weighted by Crippen LogP contribution is 2.07. The van der Waals surface area contributed by atoms with Crippen molar-refractivity contribution in [2.45, 2.75) is 39.5 Å². The highest BCUT2D eigenvalue weighted by Gasteiger charge is 1.92. The molecular weight excluding hydrogens is 172 g/mol. The second-order valence-corrected chi connectivity index (χ2v) is 3.74. The van der Waals surface area contributed by atoms with Crippen LogP contribution in [0.15, 0.2) is 18.5 Å². The maximum absolute atomic E-state index is 4.14. The Labute approximate surface area is 86.8 Å². The first kappa shape index (κ1) is 11.0. The van der Waals surface area contributed by atoms with Gasteiger partial charge in [-0.25, -0.2) is 0 Å². The fraction of sp³-hybridized carbons (Fsp3) is 0.583. The molecule has 0 radical (unpaired) electrons. The number of nitrogens with one attached hydrogen (secondary N) is 1. The molecule has 1 rings (SSSR count). The Morgan fingerprint density at radius 1 is 1.21 bits per heavy atom. The number of aryl methyl sites for hydroxylation is 1. The molecule has 0 atom stereocenters. The zero-order chi connectivity index (χ0) is 10.2. The van der Waals surface area contributed by atoms with Crippen LogP contribution in [0.3, 0.4) is 0 Å². The number of unbranched alkanes of at least 4 members (excludes halogenated alkanes) is 3. The van der Waals surface area contributed by atoms with E-state index in [0.29, 0.717) is 0 Å². The third kappa shape index (κ3) is 4.26. The van der Waals surface area contributed by atoms with Crippen molar-refractivity contribution in [3.8, 4) is 0 Å². The molecule has 1 aromatic rings. The molecule has 0 unspecified atom stereocenters. The molecule has 2 heteroatoms. The van der Waals surface area contributed by atoms with Crippen molar-refractivity contribution < 1.29 is 0 Å². The van der Waals surface area contributed by atoms with Crippen LogP contribution in [-0.4, -0.2) is 11.5 Å². The van der Waals surface area contributed by atoms with Gasteiger partial charge in [-0.15, -0.1) is 0 Å². The third-order valence-corrected chi connectivity index (χ3v) is 2.23. The number of rotatable bonds is 6. The van der Waals surface area contributed by atoms with Gasteiger partial charge in [-0.1, -0.05) is 26.2 Å². The van der Waals surface area contributed by atoms with Crippen molar-refractivity contribution in [1.82, 2.24) is 4.98 Å². The van der Waals surface area contributed by atoms with Gasteiger partial charge in [0, 0.05) is 18.9 Å². The highest BCUT2D eigenvalue weighted by molar-refractivity contribution is 5.42. The van der Waals surface area contributed by atoms with Crippen molar-refractivity contribution >= 4 is 5.69 Å². The zero-order valence-corrected chi connectivity index (χ0v) is 9.21. The molecule has 0 aliphatic rings. The fourth-order valence-corrected chi connectivity index (χ4v) is 1.44. The van der Waals surface area contributed by atoms with E-state index in [4.69, 9.17) is 0 Å². The van der Waals surface area contributed by atoms with Crippen LogP contribution < -0.4 is 5.32 Å². The number of hydrogen-bond acceptors (Lipinski definition) is 2. The summed E-state index contributed by atoms with van der Waals surface area (Å²) in [4.78, 5) is 4.14. The fourth-order valence-electron chi connectivity index (χ4n) is 1.44. The molecule has 0 fully saturated rings. The lowest BCUT2D eigenvalue weighted by Crippen LogP contribution is -2.01. The van der Waals surface area contributed by atoms with E-state index in [1.54, 1.807) is 0 Å². The molecule has 1 N–H and O–H groups in total. The van der Waals surface area contributed by atoms with E-state index >= 15 is 0 Å². The summed E-state index contributed by atoms with van der Waals surface area (Å²) in [6.45, 7) is 5.36. The molecule has 2 nitrogen and oxygen atoms in total. The predicted molar refractivity (Wildman–Crippen MR) is 61.6 cm³/mol. The maximum Gasteiger partial charge on any atom is 0.0529 e. The monoisotopic (exact) mass is 192 g/mol. The van der Waals surface area contributed by atoms with Crippen LogP contribution in [0.2, 0.25) is 0 Å². The van der Waals surface area contributed by atoms with E-state index in [0.717, 1.165) is 12.2 Å². The quantitative estimate of drug-likeness (QED) is 0.699. The van der Waals surface area contributed by atoms with E-state index < -0.39 is 0 Å². The molecule has 0 spiro atoms. The molecule has 14 heavy (non-hydrogen) atoms. The lowest BCUT2D eigenvalue weighted by Gasteiger charge is -2.05. The number of pyridine rings is 1. The SMILES string of the molecule is CCCCCCNc1cncc(C)c1. The number of anilines is 1. The predicted octanol–water partition coefficient (Wildman–Crippen LogP) is 3.38. The topological polar surface area (TPSA) is 24.9 Å². The van der Waals surface area contributed by atoms with Crippen molar-refractivity contribution in [1.29, 1.82) is 0 Å². The standard InChI is InChI=1S/C12H20N2/c1-3-4-5-6-7-14-12-8-11(2)9-13-10-12/h8-10,14H,3-7H2,1-2H3. The van der Waals surface area contributed by atoms with Crippen LogP contribution in [0.1, 0.15) is 38.2 Å². The van der Waals surface area contributed by atoms with Crippen LogP contribution in [-0.2, 0) is 0 Å². The molecule has 78 valence electrons. The Kier molecular flexibility index (Phi) is 5.05. The van der Waals surface area contributed by atoms with Crippen LogP contribution in [0.4, 0.5) is 5.69 Å². The average Bonchev–Trinajstić information content (AvgIpc) is 2.18. The van der Waals surface area contributed by atoms with E-state index in [9.17, 15) is 0 Å². The summed E-state index contributed by atoms with van der Waals surface area (Å²) < 4.78 is 0. The maximum atomic E-state index is 4.14. The van der Waals surface area contributed by atoms with Crippen LogP contribution in [0.25, 0.3) is 0 Å². The van der Waals surface area contributed by atoms with E-state index in [-0.39, 0.29) is 0 Å². The Balaban J connectivity index is 2.18.